The molecule has 2 atom stereocenters. The Morgan fingerprint density at radius 1 is 1.82 bits per heavy atom. The largest absolute Gasteiger partial charge is 0.481 e. The number of carboxylic acids is 1. The van der Waals surface area contributed by atoms with Crippen LogP contribution in [0.2, 0.25) is 0 Å². The molecule has 0 aromatic rings. The van der Waals surface area contributed by atoms with Crippen LogP contribution in [0.1, 0.15) is 12.8 Å². The zero-order chi connectivity index (χ0) is 8.27. The van der Waals surface area contributed by atoms with E-state index in [1.54, 1.807) is 0 Å². The van der Waals surface area contributed by atoms with E-state index in [2.05, 4.69) is 0 Å². The number of aliphatic carboxylic acids is 1. The lowest BCUT2D eigenvalue weighted by molar-refractivity contribution is -0.144. The number of hydrogen-bond donors (Lipinski definition) is 1. The zero-order valence-corrected chi connectivity index (χ0v) is 6.45. The highest BCUT2D eigenvalue weighted by atomic mass is 16.7. The van der Waals surface area contributed by atoms with Crippen LogP contribution in [0.25, 0.3) is 0 Å². The van der Waals surface area contributed by atoms with Crippen LogP contribution in [0.3, 0.4) is 0 Å². The third-order valence-corrected chi connectivity index (χ3v) is 1.82. The molecule has 0 aromatic heterocycles. The monoisotopic (exact) mass is 160 g/mol. The summed E-state index contributed by atoms with van der Waals surface area (Å²) in [5.74, 6) is -0.764. The lowest BCUT2D eigenvalue weighted by atomic mass is 10.0. The molecule has 1 saturated heterocycles. The van der Waals surface area contributed by atoms with Gasteiger partial charge in [0.2, 0.25) is 0 Å². The van der Waals surface area contributed by atoms with Crippen molar-refractivity contribution < 1.29 is 19.4 Å². The number of ether oxygens (including phenoxy) is 2. The lowest BCUT2D eigenvalue weighted by Crippen LogP contribution is -2.20. The smallest absolute Gasteiger partial charge is 0.303 e. The number of carboxylic acid groups (broad SMARTS) is 1. The van der Waals surface area contributed by atoms with Crippen molar-refractivity contribution in [3.63, 3.8) is 0 Å². The minimum absolute atomic E-state index is 0.0255. The normalized spacial score (nSPS) is 30.6. The Labute approximate surface area is 65.1 Å². The van der Waals surface area contributed by atoms with E-state index in [1.807, 2.05) is 0 Å². The van der Waals surface area contributed by atoms with Crippen molar-refractivity contribution in [3.05, 3.63) is 0 Å². The molecule has 1 heterocycles. The summed E-state index contributed by atoms with van der Waals surface area (Å²) in [5.41, 5.74) is 0. The van der Waals surface area contributed by atoms with Gasteiger partial charge in [-0.3, -0.25) is 4.79 Å². The van der Waals surface area contributed by atoms with E-state index >= 15 is 0 Å². The number of carbonyl (C=O) groups is 1. The van der Waals surface area contributed by atoms with Crippen molar-refractivity contribution in [2.75, 3.05) is 13.7 Å². The average molecular weight is 160 g/mol. The van der Waals surface area contributed by atoms with Gasteiger partial charge in [-0.25, -0.2) is 0 Å². The highest BCUT2D eigenvalue weighted by Crippen LogP contribution is 2.24. The standard InChI is InChI=1S/C7H12O4/c1-10-7-5(2-3-11-7)4-6(8)9/h5,7H,2-4H2,1H3,(H,8,9)/t5?,7-/m0/s1. The summed E-state index contributed by atoms with van der Waals surface area (Å²) in [7, 11) is 1.53. The number of methoxy groups -OCH3 is 1. The molecule has 0 spiro atoms. The Kier molecular flexibility index (Phi) is 2.84. The van der Waals surface area contributed by atoms with E-state index < -0.39 is 5.97 Å². The van der Waals surface area contributed by atoms with Crippen LogP contribution in [0.15, 0.2) is 0 Å². The van der Waals surface area contributed by atoms with Gasteiger partial charge in [0.05, 0.1) is 13.0 Å². The fourth-order valence-electron chi connectivity index (χ4n) is 1.29. The van der Waals surface area contributed by atoms with Gasteiger partial charge < -0.3 is 14.6 Å². The van der Waals surface area contributed by atoms with Gasteiger partial charge in [-0.1, -0.05) is 0 Å². The van der Waals surface area contributed by atoms with Crippen molar-refractivity contribution in [1.82, 2.24) is 0 Å². The van der Waals surface area contributed by atoms with E-state index in [0.717, 1.165) is 6.42 Å². The molecule has 64 valence electrons. The second-order valence-electron chi connectivity index (χ2n) is 2.62. The number of hydrogen-bond acceptors (Lipinski definition) is 3. The maximum Gasteiger partial charge on any atom is 0.303 e. The molecular weight excluding hydrogens is 148 g/mol. The highest BCUT2D eigenvalue weighted by molar-refractivity contribution is 5.67. The molecule has 0 aromatic carbocycles. The van der Waals surface area contributed by atoms with Gasteiger partial charge >= 0.3 is 5.97 Å². The Balaban J connectivity index is 2.37. The van der Waals surface area contributed by atoms with Crippen molar-refractivity contribution in [2.45, 2.75) is 19.1 Å². The summed E-state index contributed by atoms with van der Waals surface area (Å²) in [4.78, 5) is 10.3. The Morgan fingerprint density at radius 3 is 3.09 bits per heavy atom. The lowest BCUT2D eigenvalue weighted by Gasteiger charge is -2.13. The van der Waals surface area contributed by atoms with Crippen molar-refractivity contribution in [1.29, 1.82) is 0 Å². The minimum atomic E-state index is -0.789. The van der Waals surface area contributed by atoms with Crippen molar-refractivity contribution in [3.8, 4) is 0 Å². The maximum absolute atomic E-state index is 10.3. The zero-order valence-electron chi connectivity index (χ0n) is 6.45. The third kappa shape index (κ3) is 2.17. The molecule has 0 radical (unpaired) electrons. The second kappa shape index (κ2) is 3.69. The van der Waals surface area contributed by atoms with Gasteiger partial charge in [-0.15, -0.1) is 0 Å². The Hall–Kier alpha value is -0.610. The quantitative estimate of drug-likeness (QED) is 0.652. The van der Waals surface area contributed by atoms with Gasteiger partial charge in [0.25, 0.3) is 0 Å². The van der Waals surface area contributed by atoms with E-state index in [4.69, 9.17) is 14.6 Å². The molecule has 1 rings (SSSR count). The molecule has 1 N–H and O–H groups in total. The molecule has 0 saturated carbocycles. The molecule has 4 heteroatoms. The van der Waals surface area contributed by atoms with E-state index in [0.29, 0.717) is 6.61 Å². The van der Waals surface area contributed by atoms with Gasteiger partial charge in [-0.05, 0) is 6.42 Å². The molecule has 0 aliphatic carbocycles. The fourth-order valence-corrected chi connectivity index (χ4v) is 1.29. The summed E-state index contributed by atoms with van der Waals surface area (Å²) in [6, 6.07) is 0. The first-order valence-corrected chi connectivity index (χ1v) is 3.60. The van der Waals surface area contributed by atoms with Crippen molar-refractivity contribution in [2.24, 2.45) is 5.92 Å². The van der Waals surface area contributed by atoms with Gasteiger partial charge in [-0.2, -0.15) is 0 Å². The molecule has 1 fully saturated rings. The van der Waals surface area contributed by atoms with E-state index in [9.17, 15) is 4.79 Å². The Bertz CT molecular complexity index is 145. The molecule has 1 aliphatic rings. The van der Waals surface area contributed by atoms with Crippen LogP contribution in [-0.4, -0.2) is 31.1 Å². The van der Waals surface area contributed by atoms with Crippen LogP contribution in [0.4, 0.5) is 0 Å². The first-order valence-electron chi connectivity index (χ1n) is 3.60. The van der Waals surface area contributed by atoms with Crippen LogP contribution >= 0.6 is 0 Å². The fraction of sp³-hybridized carbons (Fsp3) is 0.857. The van der Waals surface area contributed by atoms with Crippen LogP contribution in [-0.2, 0) is 14.3 Å². The summed E-state index contributed by atoms with van der Waals surface area (Å²) >= 11 is 0. The van der Waals surface area contributed by atoms with Crippen molar-refractivity contribution >= 4 is 5.97 Å². The van der Waals surface area contributed by atoms with Crippen LogP contribution < -0.4 is 0 Å². The highest BCUT2D eigenvalue weighted by Gasteiger charge is 2.29. The maximum atomic E-state index is 10.3. The summed E-state index contributed by atoms with van der Waals surface area (Å²) in [5, 5.41) is 8.48. The van der Waals surface area contributed by atoms with Crippen LogP contribution in [0, 0.1) is 5.92 Å². The topological polar surface area (TPSA) is 55.8 Å². The average Bonchev–Trinajstić information content (AvgIpc) is 2.34. The molecule has 0 amide bonds. The minimum Gasteiger partial charge on any atom is -0.481 e. The first-order chi connectivity index (χ1) is 5.24. The van der Waals surface area contributed by atoms with Gasteiger partial charge in [0.1, 0.15) is 0 Å². The summed E-state index contributed by atoms with van der Waals surface area (Å²) in [6.45, 7) is 0.608. The van der Waals surface area contributed by atoms with Crippen LogP contribution in [0.5, 0.6) is 0 Å². The predicted molar refractivity (Wildman–Crippen MR) is 37.1 cm³/mol. The van der Waals surface area contributed by atoms with E-state index in [-0.39, 0.29) is 18.6 Å². The van der Waals surface area contributed by atoms with Gasteiger partial charge in [0.15, 0.2) is 6.29 Å². The predicted octanol–water partition coefficient (Wildman–Crippen LogP) is 0.470. The molecule has 1 unspecified atom stereocenters. The molecule has 0 bridgehead atoms. The Morgan fingerprint density at radius 2 is 2.55 bits per heavy atom. The summed E-state index contributed by atoms with van der Waals surface area (Å²) < 4.78 is 10.1. The SMILES string of the molecule is CO[C@H]1OCCC1CC(=O)O. The molecular formula is C7H12O4. The van der Waals surface area contributed by atoms with E-state index in [1.165, 1.54) is 7.11 Å². The molecule has 11 heavy (non-hydrogen) atoms. The molecule has 4 nitrogen and oxygen atoms in total. The molecule has 1 aliphatic heterocycles. The third-order valence-electron chi connectivity index (χ3n) is 1.82. The second-order valence-corrected chi connectivity index (χ2v) is 2.62. The number of rotatable bonds is 3. The first kappa shape index (κ1) is 8.49. The van der Waals surface area contributed by atoms with Gasteiger partial charge in [0, 0.05) is 13.0 Å². The summed E-state index contributed by atoms with van der Waals surface area (Å²) in [6.07, 6.45) is 0.606.